The third-order valence-electron chi connectivity index (χ3n) is 2.99. The highest BCUT2D eigenvalue weighted by molar-refractivity contribution is 6.05. The largest absolute Gasteiger partial charge is 0.301 e. The van der Waals surface area contributed by atoms with E-state index in [0.717, 1.165) is 12.0 Å². The van der Waals surface area contributed by atoms with Crippen molar-refractivity contribution in [2.45, 2.75) is 32.4 Å². The van der Waals surface area contributed by atoms with E-state index in [-0.39, 0.29) is 24.3 Å². The van der Waals surface area contributed by atoms with Gasteiger partial charge in [-0.2, -0.15) is 0 Å². The Bertz CT molecular complexity index is 433. The molecule has 0 radical (unpaired) electrons. The summed E-state index contributed by atoms with van der Waals surface area (Å²) in [6, 6.07) is 3.40. The van der Waals surface area contributed by atoms with Gasteiger partial charge in [0.2, 0.25) is 11.8 Å². The van der Waals surface area contributed by atoms with Gasteiger partial charge in [0.15, 0.2) is 0 Å². The monoisotopic (exact) mass is 247 g/mol. The summed E-state index contributed by atoms with van der Waals surface area (Å²) in [5.74, 6) is -0.176. The fourth-order valence-electron chi connectivity index (χ4n) is 2.04. The summed E-state index contributed by atoms with van der Waals surface area (Å²) in [5.41, 5.74) is 1.05. The standard InChI is InChI=1S/C13H17N3O2/c1-2-7-16-12(17)8-11(13(16)18)15-9-10-3-5-14-6-4-10/h3-6,11,15H,2,7-9H2,1H3. The Morgan fingerprint density at radius 3 is 2.78 bits per heavy atom. The minimum atomic E-state index is -0.378. The number of hydrogen-bond donors (Lipinski definition) is 1. The van der Waals surface area contributed by atoms with E-state index in [1.807, 2.05) is 19.1 Å². The highest BCUT2D eigenvalue weighted by Gasteiger charge is 2.37. The minimum Gasteiger partial charge on any atom is -0.301 e. The molecule has 1 atom stereocenters. The van der Waals surface area contributed by atoms with Gasteiger partial charge in [-0.3, -0.25) is 19.5 Å². The summed E-state index contributed by atoms with van der Waals surface area (Å²) in [6.07, 6.45) is 4.49. The van der Waals surface area contributed by atoms with Crippen molar-refractivity contribution in [2.75, 3.05) is 6.54 Å². The van der Waals surface area contributed by atoms with Crippen LogP contribution in [0.2, 0.25) is 0 Å². The number of amides is 2. The first-order chi connectivity index (χ1) is 8.72. The lowest BCUT2D eigenvalue weighted by atomic mass is 10.2. The van der Waals surface area contributed by atoms with Crippen LogP contribution >= 0.6 is 0 Å². The summed E-state index contributed by atoms with van der Waals surface area (Å²) < 4.78 is 0. The van der Waals surface area contributed by atoms with Crippen LogP contribution in [0, 0.1) is 0 Å². The van der Waals surface area contributed by atoms with E-state index in [2.05, 4.69) is 10.3 Å². The number of nitrogens with zero attached hydrogens (tertiary/aromatic N) is 2. The van der Waals surface area contributed by atoms with E-state index < -0.39 is 0 Å². The number of rotatable bonds is 5. The van der Waals surface area contributed by atoms with Gasteiger partial charge >= 0.3 is 0 Å². The topological polar surface area (TPSA) is 62.3 Å². The third-order valence-corrected chi connectivity index (χ3v) is 2.99. The quantitative estimate of drug-likeness (QED) is 0.778. The first-order valence-corrected chi connectivity index (χ1v) is 6.19. The van der Waals surface area contributed by atoms with Crippen LogP contribution in [0.1, 0.15) is 25.3 Å². The van der Waals surface area contributed by atoms with E-state index in [1.54, 1.807) is 12.4 Å². The van der Waals surface area contributed by atoms with Crippen molar-refractivity contribution in [2.24, 2.45) is 0 Å². The second-order valence-electron chi connectivity index (χ2n) is 4.38. The lowest BCUT2D eigenvalue weighted by Gasteiger charge is -2.14. The molecule has 1 aromatic heterocycles. The Balaban J connectivity index is 1.91. The summed E-state index contributed by atoms with van der Waals surface area (Å²) in [5, 5.41) is 3.13. The van der Waals surface area contributed by atoms with Gasteiger partial charge in [-0.25, -0.2) is 0 Å². The Morgan fingerprint density at radius 2 is 2.11 bits per heavy atom. The summed E-state index contributed by atoms with van der Waals surface area (Å²) in [4.78, 5) is 28.9. The molecule has 1 fully saturated rings. The average Bonchev–Trinajstić information content (AvgIpc) is 2.66. The highest BCUT2D eigenvalue weighted by Crippen LogP contribution is 2.14. The second-order valence-corrected chi connectivity index (χ2v) is 4.38. The molecular weight excluding hydrogens is 230 g/mol. The normalized spacial score (nSPS) is 19.6. The van der Waals surface area contributed by atoms with E-state index >= 15 is 0 Å². The number of imide groups is 1. The molecule has 18 heavy (non-hydrogen) atoms. The first kappa shape index (κ1) is 12.7. The van der Waals surface area contributed by atoms with Crippen LogP contribution in [0.4, 0.5) is 0 Å². The maximum Gasteiger partial charge on any atom is 0.246 e. The molecular formula is C13H17N3O2. The number of nitrogens with one attached hydrogen (secondary N) is 1. The van der Waals surface area contributed by atoms with Crippen molar-refractivity contribution in [1.29, 1.82) is 0 Å². The molecule has 0 saturated carbocycles. The molecule has 96 valence electrons. The van der Waals surface area contributed by atoms with E-state index in [9.17, 15) is 9.59 Å². The number of pyridine rings is 1. The molecule has 1 aliphatic heterocycles. The smallest absolute Gasteiger partial charge is 0.246 e. The van der Waals surface area contributed by atoms with Crippen molar-refractivity contribution in [1.82, 2.24) is 15.2 Å². The van der Waals surface area contributed by atoms with E-state index in [1.165, 1.54) is 4.90 Å². The van der Waals surface area contributed by atoms with Crippen LogP contribution in [-0.4, -0.2) is 34.3 Å². The maximum absolute atomic E-state index is 12.0. The predicted molar refractivity (Wildman–Crippen MR) is 66.5 cm³/mol. The van der Waals surface area contributed by atoms with Gasteiger partial charge in [-0.05, 0) is 24.1 Å². The van der Waals surface area contributed by atoms with Gasteiger partial charge in [-0.15, -0.1) is 0 Å². The number of likely N-dealkylation sites (tertiary alicyclic amines) is 1. The van der Waals surface area contributed by atoms with Crippen LogP contribution in [0.5, 0.6) is 0 Å². The molecule has 5 nitrogen and oxygen atoms in total. The Kier molecular flexibility index (Phi) is 4.04. The van der Waals surface area contributed by atoms with Gasteiger partial charge in [0.1, 0.15) is 0 Å². The van der Waals surface area contributed by atoms with Crippen LogP contribution in [0.3, 0.4) is 0 Å². The van der Waals surface area contributed by atoms with Crippen molar-refractivity contribution in [3.8, 4) is 0 Å². The number of hydrogen-bond acceptors (Lipinski definition) is 4. The molecule has 2 heterocycles. The zero-order valence-corrected chi connectivity index (χ0v) is 10.4. The summed E-state index contributed by atoms with van der Waals surface area (Å²) in [7, 11) is 0. The molecule has 0 bridgehead atoms. The molecule has 2 rings (SSSR count). The molecule has 1 aromatic rings. The van der Waals surface area contributed by atoms with Gasteiger partial charge in [0.05, 0.1) is 12.5 Å². The molecule has 1 saturated heterocycles. The summed E-state index contributed by atoms with van der Waals surface area (Å²) in [6.45, 7) is 3.05. The zero-order chi connectivity index (χ0) is 13.0. The molecule has 0 aromatic carbocycles. The summed E-state index contributed by atoms with van der Waals surface area (Å²) >= 11 is 0. The van der Waals surface area contributed by atoms with Gasteiger partial charge in [0, 0.05) is 25.5 Å². The second kappa shape index (κ2) is 5.73. The van der Waals surface area contributed by atoms with E-state index in [4.69, 9.17) is 0 Å². The molecule has 0 spiro atoms. The van der Waals surface area contributed by atoms with Crippen LogP contribution in [-0.2, 0) is 16.1 Å². The lowest BCUT2D eigenvalue weighted by Crippen LogP contribution is -2.38. The molecule has 1 unspecified atom stereocenters. The van der Waals surface area contributed by atoms with Crippen molar-refractivity contribution >= 4 is 11.8 Å². The highest BCUT2D eigenvalue weighted by atomic mass is 16.2. The zero-order valence-electron chi connectivity index (χ0n) is 10.4. The lowest BCUT2D eigenvalue weighted by molar-refractivity contribution is -0.138. The average molecular weight is 247 g/mol. The fourth-order valence-corrected chi connectivity index (χ4v) is 2.04. The molecule has 0 aliphatic carbocycles. The Labute approximate surface area is 106 Å². The fraction of sp³-hybridized carbons (Fsp3) is 0.462. The van der Waals surface area contributed by atoms with Gasteiger partial charge < -0.3 is 5.32 Å². The number of carbonyl (C=O) groups is 2. The predicted octanol–water partition coefficient (Wildman–Crippen LogP) is 0.709. The van der Waals surface area contributed by atoms with Crippen LogP contribution in [0.25, 0.3) is 0 Å². The molecule has 5 heteroatoms. The Morgan fingerprint density at radius 1 is 1.39 bits per heavy atom. The minimum absolute atomic E-state index is 0.0749. The van der Waals surface area contributed by atoms with Crippen molar-refractivity contribution in [3.05, 3.63) is 30.1 Å². The SMILES string of the molecule is CCCN1C(=O)CC(NCc2ccncc2)C1=O. The van der Waals surface area contributed by atoms with Gasteiger partial charge in [-0.1, -0.05) is 6.92 Å². The number of carbonyl (C=O) groups excluding carboxylic acids is 2. The van der Waals surface area contributed by atoms with Crippen molar-refractivity contribution < 1.29 is 9.59 Å². The maximum atomic E-state index is 12.0. The van der Waals surface area contributed by atoms with E-state index in [0.29, 0.717) is 13.1 Å². The van der Waals surface area contributed by atoms with Crippen molar-refractivity contribution in [3.63, 3.8) is 0 Å². The van der Waals surface area contributed by atoms with Crippen LogP contribution in [0.15, 0.2) is 24.5 Å². The van der Waals surface area contributed by atoms with Gasteiger partial charge in [0.25, 0.3) is 0 Å². The molecule has 2 amide bonds. The van der Waals surface area contributed by atoms with Crippen LogP contribution < -0.4 is 5.32 Å². The molecule has 1 N–H and O–H groups in total. The Hall–Kier alpha value is -1.75. The first-order valence-electron chi connectivity index (χ1n) is 6.19. The third kappa shape index (κ3) is 2.73. The number of aromatic nitrogens is 1. The molecule has 1 aliphatic rings.